The third-order valence-corrected chi connectivity index (χ3v) is 4.71. The molecular formula is C16H15NO6S. The molecule has 1 heterocycles. The fourth-order valence-electron chi connectivity index (χ4n) is 2.06. The molecule has 7 nitrogen and oxygen atoms in total. The SMILES string of the molecule is Cc1ccc(OC(=O)CNS(=O)(=O)c2ccc3c(c2)OCO3)cc1. The van der Waals surface area contributed by atoms with Crippen LogP contribution in [0.2, 0.25) is 0 Å². The number of carbonyl (C=O) groups excluding carboxylic acids is 1. The maximum absolute atomic E-state index is 12.2. The van der Waals surface area contributed by atoms with Crippen LogP contribution in [0.5, 0.6) is 17.2 Å². The number of fused-ring (bicyclic) bond motifs is 1. The molecule has 0 amide bonds. The van der Waals surface area contributed by atoms with Crippen LogP contribution in [0.4, 0.5) is 0 Å². The zero-order valence-corrected chi connectivity index (χ0v) is 13.6. The van der Waals surface area contributed by atoms with Crippen molar-refractivity contribution in [1.29, 1.82) is 0 Å². The Hall–Kier alpha value is -2.58. The minimum atomic E-state index is -3.86. The van der Waals surface area contributed by atoms with Crippen molar-refractivity contribution in [2.45, 2.75) is 11.8 Å². The Bertz CT molecular complexity index is 861. The van der Waals surface area contributed by atoms with Gasteiger partial charge < -0.3 is 14.2 Å². The molecule has 8 heteroatoms. The Morgan fingerprint density at radius 2 is 1.83 bits per heavy atom. The first-order valence-electron chi connectivity index (χ1n) is 7.11. The van der Waals surface area contributed by atoms with E-state index in [4.69, 9.17) is 14.2 Å². The minimum Gasteiger partial charge on any atom is -0.454 e. The van der Waals surface area contributed by atoms with Crippen molar-refractivity contribution in [2.24, 2.45) is 0 Å². The number of nitrogens with one attached hydrogen (secondary N) is 1. The van der Waals surface area contributed by atoms with Gasteiger partial charge in [-0.25, -0.2) is 8.42 Å². The van der Waals surface area contributed by atoms with Crippen molar-refractivity contribution in [1.82, 2.24) is 4.72 Å². The maximum Gasteiger partial charge on any atom is 0.326 e. The second-order valence-electron chi connectivity index (χ2n) is 5.13. The first-order chi connectivity index (χ1) is 11.4. The van der Waals surface area contributed by atoms with Crippen molar-refractivity contribution in [3.63, 3.8) is 0 Å². The predicted octanol–water partition coefficient (Wildman–Crippen LogP) is 1.61. The van der Waals surface area contributed by atoms with Crippen molar-refractivity contribution >= 4 is 16.0 Å². The van der Waals surface area contributed by atoms with Gasteiger partial charge in [-0.05, 0) is 31.2 Å². The quantitative estimate of drug-likeness (QED) is 0.651. The van der Waals surface area contributed by atoms with E-state index in [0.717, 1.165) is 5.56 Å². The molecule has 0 saturated heterocycles. The highest BCUT2D eigenvalue weighted by molar-refractivity contribution is 7.89. The lowest BCUT2D eigenvalue weighted by Crippen LogP contribution is -2.31. The van der Waals surface area contributed by atoms with E-state index < -0.39 is 22.5 Å². The largest absolute Gasteiger partial charge is 0.454 e. The molecule has 0 aromatic heterocycles. The standard InChI is InChI=1S/C16H15NO6S/c1-11-2-4-12(5-3-11)23-16(18)9-17-24(19,20)13-6-7-14-15(8-13)22-10-21-14/h2-8,17H,9-10H2,1H3. The van der Waals surface area contributed by atoms with Crippen LogP contribution in [0.25, 0.3) is 0 Å². The number of rotatable bonds is 5. The second-order valence-corrected chi connectivity index (χ2v) is 6.89. The van der Waals surface area contributed by atoms with Gasteiger partial charge in [0, 0.05) is 6.07 Å². The van der Waals surface area contributed by atoms with Crippen molar-refractivity contribution in [2.75, 3.05) is 13.3 Å². The highest BCUT2D eigenvalue weighted by atomic mass is 32.2. The van der Waals surface area contributed by atoms with E-state index >= 15 is 0 Å². The van der Waals surface area contributed by atoms with E-state index in [1.807, 2.05) is 6.92 Å². The topological polar surface area (TPSA) is 90.9 Å². The summed E-state index contributed by atoms with van der Waals surface area (Å²) in [5.74, 6) is 0.476. The van der Waals surface area contributed by atoms with Crippen molar-refractivity contribution in [3.05, 3.63) is 48.0 Å². The molecule has 126 valence electrons. The number of hydrogen-bond donors (Lipinski definition) is 1. The van der Waals surface area contributed by atoms with E-state index in [2.05, 4.69) is 4.72 Å². The molecule has 0 fully saturated rings. The monoisotopic (exact) mass is 349 g/mol. The summed E-state index contributed by atoms with van der Waals surface area (Å²) in [5, 5.41) is 0. The molecule has 1 N–H and O–H groups in total. The number of esters is 1. The van der Waals surface area contributed by atoms with Crippen LogP contribution < -0.4 is 18.9 Å². The van der Waals surface area contributed by atoms with Gasteiger partial charge in [0.05, 0.1) is 4.90 Å². The molecule has 0 spiro atoms. The first-order valence-corrected chi connectivity index (χ1v) is 8.59. The van der Waals surface area contributed by atoms with Crippen molar-refractivity contribution in [3.8, 4) is 17.2 Å². The molecule has 0 saturated carbocycles. The molecule has 1 aliphatic heterocycles. The Morgan fingerprint density at radius 1 is 1.12 bits per heavy atom. The van der Waals surface area contributed by atoms with Gasteiger partial charge in [-0.3, -0.25) is 4.79 Å². The first kappa shape index (κ1) is 16.3. The summed E-state index contributed by atoms with van der Waals surface area (Å²) in [5.41, 5.74) is 1.03. The third kappa shape index (κ3) is 3.66. The Labute approximate surface area is 139 Å². The summed E-state index contributed by atoms with van der Waals surface area (Å²) < 4.78 is 42.0. The van der Waals surface area contributed by atoms with Gasteiger partial charge in [0.2, 0.25) is 16.8 Å². The van der Waals surface area contributed by atoms with Gasteiger partial charge in [-0.2, -0.15) is 4.72 Å². The summed E-state index contributed by atoms with van der Waals surface area (Å²) >= 11 is 0. The van der Waals surface area contributed by atoms with Crippen LogP contribution in [-0.4, -0.2) is 27.7 Å². The number of carbonyl (C=O) groups is 1. The second kappa shape index (κ2) is 6.50. The fourth-order valence-corrected chi connectivity index (χ4v) is 3.04. The smallest absolute Gasteiger partial charge is 0.326 e. The predicted molar refractivity (Wildman–Crippen MR) is 84.6 cm³/mol. The molecule has 0 atom stereocenters. The van der Waals surface area contributed by atoms with Gasteiger partial charge in [0.25, 0.3) is 0 Å². The van der Waals surface area contributed by atoms with E-state index in [0.29, 0.717) is 17.2 Å². The number of hydrogen-bond acceptors (Lipinski definition) is 6. The molecule has 0 bridgehead atoms. The van der Waals surface area contributed by atoms with E-state index in [9.17, 15) is 13.2 Å². The molecule has 0 radical (unpaired) electrons. The lowest BCUT2D eigenvalue weighted by Gasteiger charge is -2.08. The number of sulfonamides is 1. The summed E-state index contributed by atoms with van der Waals surface area (Å²) in [6.07, 6.45) is 0. The number of ether oxygens (including phenoxy) is 3. The maximum atomic E-state index is 12.2. The highest BCUT2D eigenvalue weighted by Gasteiger charge is 2.21. The van der Waals surface area contributed by atoms with Crippen LogP contribution in [0.3, 0.4) is 0 Å². The molecule has 2 aromatic carbocycles. The minimum absolute atomic E-state index is 0.0186. The van der Waals surface area contributed by atoms with Gasteiger partial charge >= 0.3 is 5.97 Å². The molecule has 0 aliphatic carbocycles. The van der Waals surface area contributed by atoms with Crippen LogP contribution in [-0.2, 0) is 14.8 Å². The average molecular weight is 349 g/mol. The molecule has 1 aliphatic rings. The molecule has 2 aromatic rings. The number of aryl methyl sites for hydroxylation is 1. The van der Waals surface area contributed by atoms with Crippen molar-refractivity contribution < 1.29 is 27.4 Å². The number of benzene rings is 2. The van der Waals surface area contributed by atoms with E-state index in [1.165, 1.54) is 18.2 Å². The average Bonchev–Trinajstić information content (AvgIpc) is 3.03. The van der Waals surface area contributed by atoms with Crippen LogP contribution in [0, 0.1) is 6.92 Å². The third-order valence-electron chi connectivity index (χ3n) is 3.31. The molecule has 0 unspecified atom stereocenters. The normalized spacial score (nSPS) is 12.9. The fraction of sp³-hybridized carbons (Fsp3) is 0.188. The Kier molecular flexibility index (Phi) is 4.41. The molecule has 24 heavy (non-hydrogen) atoms. The summed E-state index contributed by atoms with van der Waals surface area (Å²) in [6, 6.07) is 11.1. The lowest BCUT2D eigenvalue weighted by atomic mass is 10.2. The summed E-state index contributed by atoms with van der Waals surface area (Å²) in [7, 11) is -3.86. The summed E-state index contributed by atoms with van der Waals surface area (Å²) in [4.78, 5) is 11.8. The van der Waals surface area contributed by atoms with E-state index in [1.54, 1.807) is 24.3 Å². The van der Waals surface area contributed by atoms with Gasteiger partial charge in [-0.1, -0.05) is 17.7 Å². The van der Waals surface area contributed by atoms with Crippen LogP contribution in [0.1, 0.15) is 5.56 Å². The Morgan fingerprint density at radius 3 is 2.58 bits per heavy atom. The summed E-state index contributed by atoms with van der Waals surface area (Å²) in [6.45, 7) is 1.48. The molecule has 3 rings (SSSR count). The van der Waals surface area contributed by atoms with Gasteiger partial charge in [0.1, 0.15) is 12.3 Å². The Balaban J connectivity index is 1.62. The zero-order valence-electron chi connectivity index (χ0n) is 12.8. The van der Waals surface area contributed by atoms with Gasteiger partial charge in [-0.15, -0.1) is 0 Å². The lowest BCUT2D eigenvalue weighted by molar-refractivity contribution is -0.133. The highest BCUT2D eigenvalue weighted by Crippen LogP contribution is 2.33. The van der Waals surface area contributed by atoms with Crippen LogP contribution in [0.15, 0.2) is 47.4 Å². The molecular weight excluding hydrogens is 334 g/mol. The van der Waals surface area contributed by atoms with E-state index in [-0.39, 0.29) is 11.7 Å². The zero-order chi connectivity index (χ0) is 17.2. The van der Waals surface area contributed by atoms with Gasteiger partial charge in [0.15, 0.2) is 11.5 Å². The van der Waals surface area contributed by atoms with Crippen LogP contribution >= 0.6 is 0 Å².